The lowest BCUT2D eigenvalue weighted by atomic mass is 10.0. The van der Waals surface area contributed by atoms with E-state index in [0.29, 0.717) is 0 Å². The van der Waals surface area contributed by atoms with Gasteiger partial charge in [-0.3, -0.25) is 9.98 Å². The number of hydrogen-bond acceptors (Lipinski definition) is 2. The maximum atomic E-state index is 4.58. The summed E-state index contributed by atoms with van der Waals surface area (Å²) in [5.41, 5.74) is 6.81. The second-order valence-electron chi connectivity index (χ2n) is 7.45. The second-order valence-corrected chi connectivity index (χ2v) is 9.94. The minimum Gasteiger partial charge on any atom is -0.256 e. The van der Waals surface area contributed by atoms with Crippen LogP contribution in [0.2, 0.25) is 0 Å². The van der Waals surface area contributed by atoms with Gasteiger partial charge < -0.3 is 0 Å². The Labute approximate surface area is 216 Å². The van der Waals surface area contributed by atoms with Crippen molar-refractivity contribution in [1.29, 1.82) is 0 Å². The quantitative estimate of drug-likeness (QED) is 0.144. The first-order valence-electron chi connectivity index (χ1n) is 10.4. The normalized spacial score (nSPS) is 11.4. The van der Waals surface area contributed by atoms with Crippen LogP contribution in [0.1, 0.15) is 22.3 Å². The Morgan fingerprint density at radius 2 is 0.812 bits per heavy atom. The predicted molar refractivity (Wildman–Crippen MR) is 153 cm³/mol. The molecule has 0 fully saturated rings. The molecule has 0 spiro atoms. The average Bonchev–Trinajstić information content (AvgIpc) is 2.83. The lowest BCUT2D eigenvalue weighted by Crippen LogP contribution is -1.90. The number of aryl methyl sites for hydroxylation is 2. The van der Waals surface area contributed by atoms with E-state index in [-0.39, 0.29) is 0 Å². The highest BCUT2D eigenvalue weighted by molar-refractivity contribution is 14.1. The minimum absolute atomic E-state index is 0.975. The van der Waals surface area contributed by atoms with Crippen LogP contribution in [0.25, 0.3) is 0 Å². The lowest BCUT2D eigenvalue weighted by Gasteiger charge is -2.04. The first-order chi connectivity index (χ1) is 15.6. The van der Waals surface area contributed by atoms with Crippen LogP contribution < -0.4 is 0 Å². The molecule has 0 aliphatic heterocycles. The number of benzene rings is 4. The van der Waals surface area contributed by atoms with Crippen molar-refractivity contribution >= 4 is 69.0 Å². The van der Waals surface area contributed by atoms with E-state index >= 15 is 0 Å². The van der Waals surface area contributed by atoms with Gasteiger partial charge in [0.1, 0.15) is 0 Å². The molecule has 0 saturated heterocycles. The van der Waals surface area contributed by atoms with Gasteiger partial charge in [0, 0.05) is 19.6 Å². The number of rotatable bonds is 7. The van der Waals surface area contributed by atoms with Crippen LogP contribution in [0.15, 0.2) is 107 Å². The van der Waals surface area contributed by atoms with E-state index in [1.54, 1.807) is 0 Å². The van der Waals surface area contributed by atoms with E-state index in [9.17, 15) is 0 Å². The molecule has 4 rings (SSSR count). The van der Waals surface area contributed by atoms with Gasteiger partial charge in [-0.05, 0) is 129 Å². The van der Waals surface area contributed by atoms with Crippen LogP contribution >= 0.6 is 45.2 Å². The Morgan fingerprint density at radius 3 is 1.16 bits per heavy atom. The molecule has 2 nitrogen and oxygen atoms in total. The third kappa shape index (κ3) is 7.10. The molecule has 0 aliphatic carbocycles. The van der Waals surface area contributed by atoms with E-state index in [2.05, 4.69) is 152 Å². The zero-order valence-corrected chi connectivity index (χ0v) is 21.8. The molecule has 0 aromatic heterocycles. The van der Waals surface area contributed by atoms with Gasteiger partial charge >= 0.3 is 0 Å². The summed E-state index contributed by atoms with van der Waals surface area (Å²) in [5.74, 6) is 0. The Kier molecular flexibility index (Phi) is 8.23. The molecule has 0 saturated carbocycles. The van der Waals surface area contributed by atoms with Gasteiger partial charge in [-0.1, -0.05) is 48.5 Å². The molecular weight excluding hydrogens is 618 g/mol. The summed E-state index contributed by atoms with van der Waals surface area (Å²) in [6, 6.07) is 33.7. The van der Waals surface area contributed by atoms with Gasteiger partial charge in [-0.2, -0.15) is 0 Å². The monoisotopic (exact) mass is 640 g/mol. The highest BCUT2D eigenvalue weighted by Gasteiger charge is 1.98. The van der Waals surface area contributed by atoms with Crippen LogP contribution in [0.3, 0.4) is 0 Å². The summed E-state index contributed by atoms with van der Waals surface area (Å²) in [6.07, 6.45) is 5.83. The Hall–Kier alpha value is -2.32. The fourth-order valence-electron chi connectivity index (χ4n) is 3.18. The van der Waals surface area contributed by atoms with Crippen LogP contribution in [0.4, 0.5) is 11.4 Å². The molecule has 4 aromatic carbocycles. The van der Waals surface area contributed by atoms with Crippen molar-refractivity contribution < 1.29 is 0 Å². The maximum absolute atomic E-state index is 4.58. The second kappa shape index (κ2) is 11.5. The summed E-state index contributed by atoms with van der Waals surface area (Å²) in [6.45, 7) is 0. The van der Waals surface area contributed by atoms with E-state index in [1.165, 1.54) is 18.3 Å². The Balaban J connectivity index is 1.29. The standard InChI is InChI=1S/C28H22I2N2/c29-25-11-3-23(4-12-25)19-31-27-15-7-21(8-16-27)1-2-22-9-17-28(18-10-22)32-20-24-5-13-26(30)14-6-24/h3-20H,1-2H2/b31-19+,32-20+. The summed E-state index contributed by atoms with van der Waals surface area (Å²) in [5, 5.41) is 0. The van der Waals surface area contributed by atoms with Crippen molar-refractivity contribution in [3.05, 3.63) is 126 Å². The van der Waals surface area contributed by atoms with Gasteiger partial charge in [0.25, 0.3) is 0 Å². The average molecular weight is 640 g/mol. The van der Waals surface area contributed by atoms with Crippen LogP contribution in [-0.2, 0) is 12.8 Å². The number of nitrogens with zero attached hydrogens (tertiary/aromatic N) is 2. The number of aliphatic imine (C=N–C) groups is 2. The largest absolute Gasteiger partial charge is 0.256 e. The van der Waals surface area contributed by atoms with Crippen LogP contribution in [-0.4, -0.2) is 12.4 Å². The summed E-state index contributed by atoms with van der Waals surface area (Å²) < 4.78 is 2.46. The first kappa shape index (κ1) is 22.9. The Bertz CT molecular complexity index is 1090. The zero-order valence-electron chi connectivity index (χ0n) is 17.5. The van der Waals surface area contributed by atoms with Gasteiger partial charge in [0.05, 0.1) is 11.4 Å². The van der Waals surface area contributed by atoms with Crippen molar-refractivity contribution in [2.45, 2.75) is 12.8 Å². The van der Waals surface area contributed by atoms with E-state index in [1.807, 2.05) is 12.4 Å². The summed E-state index contributed by atoms with van der Waals surface area (Å²) in [4.78, 5) is 9.16. The minimum atomic E-state index is 0.975. The summed E-state index contributed by atoms with van der Waals surface area (Å²) >= 11 is 4.62. The molecule has 0 amide bonds. The van der Waals surface area contributed by atoms with Crippen LogP contribution in [0, 0.1) is 7.14 Å². The van der Waals surface area contributed by atoms with Crippen molar-refractivity contribution in [3.63, 3.8) is 0 Å². The number of halogens is 2. The van der Waals surface area contributed by atoms with Crippen molar-refractivity contribution in [2.75, 3.05) is 0 Å². The smallest absolute Gasteiger partial charge is 0.0630 e. The Morgan fingerprint density at radius 1 is 0.469 bits per heavy atom. The lowest BCUT2D eigenvalue weighted by molar-refractivity contribution is 0.960. The molecule has 0 N–H and O–H groups in total. The van der Waals surface area contributed by atoms with Crippen LogP contribution in [0.5, 0.6) is 0 Å². The summed E-state index contributed by atoms with van der Waals surface area (Å²) in [7, 11) is 0. The SMILES string of the molecule is Ic1ccc(/C=N/c2ccc(CCc3ccc(/N=C/c4ccc(I)cc4)cc3)cc2)cc1. The third-order valence-corrected chi connectivity index (χ3v) is 6.48. The van der Waals surface area contributed by atoms with E-state index in [0.717, 1.165) is 35.3 Å². The zero-order chi connectivity index (χ0) is 22.2. The topological polar surface area (TPSA) is 24.7 Å². The molecule has 32 heavy (non-hydrogen) atoms. The molecule has 0 heterocycles. The van der Waals surface area contributed by atoms with Crippen molar-refractivity contribution in [3.8, 4) is 0 Å². The van der Waals surface area contributed by atoms with Crippen molar-refractivity contribution in [2.24, 2.45) is 9.98 Å². The first-order valence-corrected chi connectivity index (χ1v) is 12.6. The molecule has 4 heteroatoms. The fraction of sp³-hybridized carbons (Fsp3) is 0.0714. The fourth-order valence-corrected chi connectivity index (χ4v) is 3.90. The highest BCUT2D eigenvalue weighted by Crippen LogP contribution is 2.18. The molecule has 0 aliphatic rings. The van der Waals surface area contributed by atoms with Gasteiger partial charge in [0.2, 0.25) is 0 Å². The molecule has 4 aromatic rings. The molecular formula is C28H22I2N2. The van der Waals surface area contributed by atoms with E-state index < -0.39 is 0 Å². The van der Waals surface area contributed by atoms with Gasteiger partial charge in [0.15, 0.2) is 0 Å². The molecule has 0 atom stereocenters. The molecule has 158 valence electrons. The molecule has 0 unspecified atom stereocenters. The van der Waals surface area contributed by atoms with Crippen molar-refractivity contribution in [1.82, 2.24) is 0 Å². The van der Waals surface area contributed by atoms with Gasteiger partial charge in [-0.15, -0.1) is 0 Å². The highest BCUT2D eigenvalue weighted by atomic mass is 127. The molecule has 0 radical (unpaired) electrons. The predicted octanol–water partition coefficient (Wildman–Crippen LogP) is 8.18. The maximum Gasteiger partial charge on any atom is 0.0630 e. The number of hydrogen-bond donors (Lipinski definition) is 0. The van der Waals surface area contributed by atoms with Gasteiger partial charge in [-0.25, -0.2) is 0 Å². The third-order valence-electron chi connectivity index (χ3n) is 5.04. The van der Waals surface area contributed by atoms with E-state index in [4.69, 9.17) is 0 Å². The molecule has 0 bridgehead atoms.